The number of carboxylic acids is 1. The van der Waals surface area contributed by atoms with E-state index in [1.54, 1.807) is 11.8 Å². The summed E-state index contributed by atoms with van der Waals surface area (Å²) in [4.78, 5) is 26.8. The highest BCUT2D eigenvalue weighted by atomic mass is 32.2. The van der Waals surface area contributed by atoms with Gasteiger partial charge in [0, 0.05) is 18.1 Å². The molecule has 0 aliphatic carbocycles. The maximum Gasteiger partial charge on any atom is 0.345 e. The molecule has 1 unspecified atom stereocenters. The minimum Gasteiger partial charge on any atom is -0.481 e. The molecule has 1 aromatic heterocycles. The number of thiazole rings is 1. The second kappa shape index (κ2) is 5.53. The average molecular weight is 289 g/mol. The number of nitro groups is 1. The van der Waals surface area contributed by atoms with Gasteiger partial charge in [-0.15, -0.1) is 0 Å². The Hall–Kier alpha value is -1.35. The quantitative estimate of drug-likeness (QED) is 0.661. The van der Waals surface area contributed by atoms with E-state index in [4.69, 9.17) is 5.11 Å². The molecule has 1 aliphatic rings. The van der Waals surface area contributed by atoms with Crippen LogP contribution in [0.5, 0.6) is 0 Å². The van der Waals surface area contributed by atoms with Gasteiger partial charge in [0.05, 0.1) is 17.4 Å². The van der Waals surface area contributed by atoms with E-state index in [2.05, 4.69) is 4.98 Å². The van der Waals surface area contributed by atoms with Gasteiger partial charge >= 0.3 is 11.0 Å². The molecule has 0 bridgehead atoms. The Morgan fingerprint density at radius 3 is 3.11 bits per heavy atom. The third-order valence-electron chi connectivity index (χ3n) is 2.54. The third kappa shape index (κ3) is 2.91. The first-order chi connectivity index (χ1) is 8.58. The summed E-state index contributed by atoms with van der Waals surface area (Å²) in [7, 11) is 0. The second-order valence-electron chi connectivity index (χ2n) is 3.76. The van der Waals surface area contributed by atoms with E-state index in [0.717, 1.165) is 17.1 Å². The molecule has 18 heavy (non-hydrogen) atoms. The first-order valence-corrected chi connectivity index (χ1v) is 7.21. The van der Waals surface area contributed by atoms with Crippen LogP contribution in [-0.4, -0.2) is 45.1 Å². The summed E-state index contributed by atoms with van der Waals surface area (Å²) in [6.45, 7) is 0.674. The van der Waals surface area contributed by atoms with E-state index in [9.17, 15) is 14.9 Å². The molecular formula is C9H11N3O4S2. The van der Waals surface area contributed by atoms with Gasteiger partial charge in [0.15, 0.2) is 5.13 Å². The van der Waals surface area contributed by atoms with E-state index >= 15 is 0 Å². The maximum absolute atomic E-state index is 10.8. The molecule has 0 aromatic carbocycles. The fourth-order valence-corrected chi connectivity index (χ4v) is 3.64. The van der Waals surface area contributed by atoms with Crippen LogP contribution in [0.15, 0.2) is 6.20 Å². The largest absolute Gasteiger partial charge is 0.481 e. The molecule has 0 amide bonds. The predicted octanol–water partition coefficient (Wildman–Crippen LogP) is 1.45. The van der Waals surface area contributed by atoms with Gasteiger partial charge in [-0.1, -0.05) is 0 Å². The molecule has 7 nitrogen and oxygen atoms in total. The number of carbonyl (C=O) groups is 1. The Morgan fingerprint density at radius 1 is 1.72 bits per heavy atom. The van der Waals surface area contributed by atoms with E-state index in [-0.39, 0.29) is 17.5 Å². The monoisotopic (exact) mass is 289 g/mol. The number of hydrogen-bond donors (Lipinski definition) is 1. The fourth-order valence-electron chi connectivity index (χ4n) is 1.75. The van der Waals surface area contributed by atoms with Crippen molar-refractivity contribution >= 4 is 39.2 Å². The molecule has 1 N–H and O–H groups in total. The van der Waals surface area contributed by atoms with Gasteiger partial charge in [-0.2, -0.15) is 11.8 Å². The smallest absolute Gasteiger partial charge is 0.345 e. The molecule has 1 aliphatic heterocycles. The van der Waals surface area contributed by atoms with Crippen LogP contribution in [0.4, 0.5) is 10.1 Å². The minimum absolute atomic E-state index is 0.0164. The van der Waals surface area contributed by atoms with Crippen molar-refractivity contribution in [3.05, 3.63) is 16.3 Å². The lowest BCUT2D eigenvalue weighted by Gasteiger charge is -2.34. The predicted molar refractivity (Wildman–Crippen MR) is 69.5 cm³/mol. The molecule has 98 valence electrons. The first kappa shape index (κ1) is 13.1. The van der Waals surface area contributed by atoms with Crippen LogP contribution < -0.4 is 4.90 Å². The highest BCUT2D eigenvalue weighted by Crippen LogP contribution is 2.32. The summed E-state index contributed by atoms with van der Waals surface area (Å²) in [5.74, 6) is 0.724. The normalized spacial score (nSPS) is 19.8. The average Bonchev–Trinajstić information content (AvgIpc) is 2.78. The summed E-state index contributed by atoms with van der Waals surface area (Å²) in [6.07, 6.45) is 1.25. The summed E-state index contributed by atoms with van der Waals surface area (Å²) in [6, 6.07) is -0.146. The number of hydrogen-bond acceptors (Lipinski definition) is 7. The SMILES string of the molecule is O=C(O)CC1CSCCN1c1ncc([N+](=O)[O-])s1. The van der Waals surface area contributed by atoms with Crippen molar-refractivity contribution in [3.63, 3.8) is 0 Å². The zero-order valence-electron chi connectivity index (χ0n) is 9.31. The Bertz CT molecular complexity index is 464. The Labute approximate surface area is 111 Å². The standard InChI is InChI=1S/C9H11N3O4S2/c13-8(14)3-6-5-17-2-1-11(6)9-10-4-7(18-9)12(15)16/h4,6H,1-3,5H2,(H,13,14). The summed E-state index contributed by atoms with van der Waals surface area (Å²) in [5, 5.41) is 20.0. The van der Waals surface area contributed by atoms with E-state index < -0.39 is 10.9 Å². The lowest BCUT2D eigenvalue weighted by Crippen LogP contribution is -2.43. The number of nitrogens with zero attached hydrogens (tertiary/aromatic N) is 3. The van der Waals surface area contributed by atoms with Crippen LogP contribution >= 0.6 is 23.1 Å². The lowest BCUT2D eigenvalue weighted by atomic mass is 10.2. The van der Waals surface area contributed by atoms with Crippen molar-refractivity contribution in [1.82, 2.24) is 4.98 Å². The van der Waals surface area contributed by atoms with Crippen molar-refractivity contribution in [2.75, 3.05) is 23.0 Å². The molecule has 0 spiro atoms. The van der Waals surface area contributed by atoms with Gasteiger partial charge in [-0.05, 0) is 11.3 Å². The van der Waals surface area contributed by atoms with Gasteiger partial charge < -0.3 is 10.0 Å². The van der Waals surface area contributed by atoms with Gasteiger partial charge in [0.1, 0.15) is 6.20 Å². The van der Waals surface area contributed by atoms with Crippen molar-refractivity contribution in [1.29, 1.82) is 0 Å². The van der Waals surface area contributed by atoms with Crippen LogP contribution in [0.1, 0.15) is 6.42 Å². The molecule has 1 aromatic rings. The molecule has 1 atom stereocenters. The van der Waals surface area contributed by atoms with Gasteiger partial charge in [-0.25, -0.2) is 4.98 Å². The summed E-state index contributed by atoms with van der Waals surface area (Å²) >= 11 is 2.69. The number of rotatable bonds is 4. The highest BCUT2D eigenvalue weighted by molar-refractivity contribution is 7.99. The van der Waals surface area contributed by atoms with Crippen LogP contribution in [0.3, 0.4) is 0 Å². The maximum atomic E-state index is 10.8. The fraction of sp³-hybridized carbons (Fsp3) is 0.556. The first-order valence-electron chi connectivity index (χ1n) is 5.24. The molecule has 2 rings (SSSR count). The van der Waals surface area contributed by atoms with E-state index in [0.29, 0.717) is 17.4 Å². The summed E-state index contributed by atoms with van der Waals surface area (Å²) in [5.41, 5.74) is 0. The zero-order chi connectivity index (χ0) is 13.1. The molecule has 1 fully saturated rings. The number of aliphatic carboxylic acids is 1. The van der Waals surface area contributed by atoms with Gasteiger partial charge in [-0.3, -0.25) is 14.9 Å². The van der Waals surface area contributed by atoms with E-state index in [1.165, 1.54) is 6.20 Å². The Morgan fingerprint density at radius 2 is 2.50 bits per heavy atom. The van der Waals surface area contributed by atoms with E-state index in [1.807, 2.05) is 4.90 Å². The summed E-state index contributed by atoms with van der Waals surface area (Å²) < 4.78 is 0. The topological polar surface area (TPSA) is 96.6 Å². The van der Waals surface area contributed by atoms with Crippen LogP contribution in [-0.2, 0) is 4.79 Å². The number of aromatic nitrogens is 1. The zero-order valence-corrected chi connectivity index (χ0v) is 10.9. The van der Waals surface area contributed by atoms with Crippen LogP contribution in [0.2, 0.25) is 0 Å². The van der Waals surface area contributed by atoms with Crippen molar-refractivity contribution < 1.29 is 14.8 Å². The molecule has 0 saturated carbocycles. The van der Waals surface area contributed by atoms with Crippen LogP contribution in [0.25, 0.3) is 0 Å². The highest BCUT2D eigenvalue weighted by Gasteiger charge is 2.28. The third-order valence-corrected chi connectivity index (χ3v) is 4.62. The van der Waals surface area contributed by atoms with Crippen molar-refractivity contribution in [2.45, 2.75) is 12.5 Å². The second-order valence-corrected chi connectivity index (χ2v) is 5.90. The Balaban J connectivity index is 2.16. The van der Waals surface area contributed by atoms with Gasteiger partial charge in [0.2, 0.25) is 0 Å². The van der Waals surface area contributed by atoms with Crippen molar-refractivity contribution in [3.8, 4) is 0 Å². The minimum atomic E-state index is -0.862. The van der Waals surface area contributed by atoms with Crippen LogP contribution in [0, 0.1) is 10.1 Å². The molecule has 0 radical (unpaired) electrons. The molecule has 1 saturated heterocycles. The lowest BCUT2D eigenvalue weighted by molar-refractivity contribution is -0.380. The molecule has 2 heterocycles. The Kier molecular flexibility index (Phi) is 4.02. The molecular weight excluding hydrogens is 278 g/mol. The van der Waals surface area contributed by atoms with Gasteiger partial charge in [0.25, 0.3) is 0 Å². The number of anilines is 1. The van der Waals surface area contributed by atoms with Crippen molar-refractivity contribution in [2.24, 2.45) is 0 Å². The number of carboxylic acid groups (broad SMARTS) is 1. The number of thioether (sulfide) groups is 1. The molecule has 9 heteroatoms.